The molecule has 37 heavy (non-hydrogen) atoms. The van der Waals surface area contributed by atoms with Crippen molar-refractivity contribution in [3.63, 3.8) is 0 Å². The van der Waals surface area contributed by atoms with Crippen molar-refractivity contribution in [1.82, 2.24) is 14.9 Å². The lowest BCUT2D eigenvalue weighted by atomic mass is 9.49. The minimum Gasteiger partial charge on any atom is -0.490 e. The number of aromatic nitrogens is 2. The van der Waals surface area contributed by atoms with Crippen LogP contribution in [0.1, 0.15) is 57.7 Å². The Morgan fingerprint density at radius 1 is 0.973 bits per heavy atom. The van der Waals surface area contributed by atoms with Gasteiger partial charge in [0.25, 0.3) is 0 Å². The summed E-state index contributed by atoms with van der Waals surface area (Å²) in [5.41, 5.74) is 2.05. The Morgan fingerprint density at radius 3 is 2.32 bits per heavy atom. The summed E-state index contributed by atoms with van der Waals surface area (Å²) in [6, 6.07) is 16.1. The van der Waals surface area contributed by atoms with Crippen molar-refractivity contribution in [2.45, 2.75) is 64.8 Å². The van der Waals surface area contributed by atoms with Crippen molar-refractivity contribution in [3.8, 4) is 11.5 Å². The zero-order valence-corrected chi connectivity index (χ0v) is 22.0. The number of rotatable bonds is 11. The topological polar surface area (TPSA) is 65.4 Å². The van der Waals surface area contributed by atoms with Crippen LogP contribution in [0.25, 0.3) is 11.0 Å². The maximum absolute atomic E-state index is 13.4. The minimum absolute atomic E-state index is 0.0932. The van der Waals surface area contributed by atoms with Gasteiger partial charge in [-0.05, 0) is 93.9 Å². The van der Waals surface area contributed by atoms with Crippen LogP contribution in [0.2, 0.25) is 0 Å². The average Bonchev–Trinajstić information content (AvgIpc) is 3.24. The van der Waals surface area contributed by atoms with E-state index < -0.39 is 0 Å². The second kappa shape index (κ2) is 10.4. The van der Waals surface area contributed by atoms with Crippen LogP contribution in [0.15, 0.2) is 48.5 Å². The van der Waals surface area contributed by atoms with Crippen molar-refractivity contribution < 1.29 is 14.3 Å². The van der Waals surface area contributed by atoms with Crippen LogP contribution < -0.4 is 14.8 Å². The Balaban J connectivity index is 1.08. The fraction of sp³-hybridized carbons (Fsp3) is 0.548. The van der Waals surface area contributed by atoms with E-state index in [2.05, 4.69) is 28.1 Å². The lowest BCUT2D eigenvalue weighted by Crippen LogP contribution is -2.53. The third kappa shape index (κ3) is 4.95. The van der Waals surface area contributed by atoms with Gasteiger partial charge in [0.05, 0.1) is 24.2 Å². The molecule has 6 heteroatoms. The number of carbonyl (C=O) groups is 1. The molecule has 4 aliphatic rings. The van der Waals surface area contributed by atoms with Crippen LogP contribution in [0.5, 0.6) is 11.5 Å². The van der Waals surface area contributed by atoms with Crippen LogP contribution in [0.3, 0.4) is 0 Å². The summed E-state index contributed by atoms with van der Waals surface area (Å²) >= 11 is 0. The Morgan fingerprint density at radius 2 is 1.62 bits per heavy atom. The first kappa shape index (κ1) is 24.3. The highest BCUT2D eigenvalue weighted by molar-refractivity contribution is 5.83. The average molecular weight is 502 g/mol. The lowest BCUT2D eigenvalue weighted by molar-refractivity contribution is -0.146. The van der Waals surface area contributed by atoms with Crippen LogP contribution in [0.4, 0.5) is 0 Å². The monoisotopic (exact) mass is 501 g/mol. The maximum atomic E-state index is 13.4. The SMILES string of the molecule is CCOc1ccccc1OCCCn1c(CCNC(=O)C23CC4CC(CC(C4)C2)C3)nc2ccccc21. The van der Waals surface area contributed by atoms with Gasteiger partial charge in [-0.3, -0.25) is 4.79 Å². The van der Waals surface area contributed by atoms with E-state index in [0.29, 0.717) is 25.7 Å². The summed E-state index contributed by atoms with van der Waals surface area (Å²) in [4.78, 5) is 18.3. The summed E-state index contributed by atoms with van der Waals surface area (Å²) in [6.07, 6.45) is 8.99. The van der Waals surface area contributed by atoms with E-state index in [1.165, 1.54) is 19.3 Å². The highest BCUT2D eigenvalue weighted by Crippen LogP contribution is 2.60. The number of nitrogens with one attached hydrogen (secondary N) is 1. The molecule has 6 nitrogen and oxygen atoms in total. The van der Waals surface area contributed by atoms with Crippen molar-refractivity contribution in [2.75, 3.05) is 19.8 Å². The molecule has 196 valence electrons. The number of fused-ring (bicyclic) bond motifs is 1. The predicted molar refractivity (Wildman–Crippen MR) is 145 cm³/mol. The highest BCUT2D eigenvalue weighted by Gasteiger charge is 2.54. The molecule has 0 radical (unpaired) electrons. The molecule has 7 rings (SSSR count). The second-order valence-electron chi connectivity index (χ2n) is 11.5. The minimum atomic E-state index is -0.0932. The van der Waals surface area contributed by atoms with Crippen molar-refractivity contribution in [3.05, 3.63) is 54.4 Å². The molecule has 1 aromatic heterocycles. The molecule has 1 heterocycles. The molecule has 4 bridgehead atoms. The van der Waals surface area contributed by atoms with Gasteiger partial charge in [0.1, 0.15) is 5.82 Å². The number of aryl methyl sites for hydroxylation is 1. The van der Waals surface area contributed by atoms with E-state index in [4.69, 9.17) is 14.5 Å². The van der Waals surface area contributed by atoms with Crippen molar-refractivity contribution in [1.29, 1.82) is 0 Å². The van der Waals surface area contributed by atoms with Crippen LogP contribution in [-0.4, -0.2) is 35.2 Å². The summed E-state index contributed by atoms with van der Waals surface area (Å²) in [6.45, 7) is 4.65. The number of para-hydroxylation sites is 4. The van der Waals surface area contributed by atoms with Gasteiger partial charge >= 0.3 is 0 Å². The number of ether oxygens (including phenoxy) is 2. The summed E-state index contributed by atoms with van der Waals surface area (Å²) < 4.78 is 14.0. The quantitative estimate of drug-likeness (QED) is 0.338. The fourth-order valence-electron chi connectivity index (χ4n) is 7.68. The number of nitrogens with zero attached hydrogens (tertiary/aromatic N) is 2. The number of amides is 1. The normalized spacial score (nSPS) is 25.9. The van der Waals surface area contributed by atoms with Crippen LogP contribution in [0, 0.1) is 23.2 Å². The van der Waals surface area contributed by atoms with Crippen molar-refractivity contribution in [2.24, 2.45) is 23.2 Å². The lowest BCUT2D eigenvalue weighted by Gasteiger charge is -2.55. The number of hydrogen-bond acceptors (Lipinski definition) is 4. The Labute approximate surface area is 219 Å². The summed E-state index contributed by atoms with van der Waals surface area (Å²) in [7, 11) is 0. The zero-order valence-electron chi connectivity index (χ0n) is 22.0. The van der Waals surface area contributed by atoms with E-state index in [0.717, 1.165) is 84.8 Å². The molecule has 0 aliphatic heterocycles. The first-order chi connectivity index (χ1) is 18.1. The van der Waals surface area contributed by atoms with E-state index in [1.54, 1.807) is 0 Å². The van der Waals surface area contributed by atoms with Gasteiger partial charge in [-0.1, -0.05) is 24.3 Å². The predicted octanol–water partition coefficient (Wildman–Crippen LogP) is 5.78. The first-order valence-electron chi connectivity index (χ1n) is 14.2. The van der Waals surface area contributed by atoms with Gasteiger partial charge < -0.3 is 19.4 Å². The summed E-state index contributed by atoms with van der Waals surface area (Å²) in [5, 5.41) is 3.34. The number of carbonyl (C=O) groups excluding carboxylic acids is 1. The number of hydrogen-bond donors (Lipinski definition) is 1. The van der Waals surface area contributed by atoms with E-state index in [9.17, 15) is 4.79 Å². The molecule has 1 N–H and O–H groups in total. The first-order valence-corrected chi connectivity index (χ1v) is 14.2. The van der Waals surface area contributed by atoms with Gasteiger partial charge in [0.15, 0.2) is 11.5 Å². The largest absolute Gasteiger partial charge is 0.490 e. The third-order valence-electron chi connectivity index (χ3n) is 8.82. The molecule has 0 saturated heterocycles. The van der Waals surface area contributed by atoms with Crippen molar-refractivity contribution >= 4 is 16.9 Å². The van der Waals surface area contributed by atoms with E-state index >= 15 is 0 Å². The molecular weight excluding hydrogens is 462 g/mol. The molecule has 4 fully saturated rings. The molecule has 0 atom stereocenters. The van der Waals surface area contributed by atoms with Gasteiger partial charge in [-0.2, -0.15) is 0 Å². The smallest absolute Gasteiger partial charge is 0.226 e. The molecule has 4 saturated carbocycles. The number of benzene rings is 2. The van der Waals surface area contributed by atoms with Crippen LogP contribution in [-0.2, 0) is 17.8 Å². The molecular formula is C31H39N3O3. The molecule has 0 unspecified atom stereocenters. The van der Waals surface area contributed by atoms with Gasteiger partial charge in [-0.15, -0.1) is 0 Å². The molecule has 3 aromatic rings. The van der Waals surface area contributed by atoms with E-state index in [1.807, 2.05) is 37.3 Å². The highest BCUT2D eigenvalue weighted by atomic mass is 16.5. The Hall–Kier alpha value is -3.02. The zero-order chi connectivity index (χ0) is 25.2. The summed E-state index contributed by atoms with van der Waals surface area (Å²) in [5.74, 6) is 5.25. The standard InChI is InChI=1S/C31H39N3O3/c1-2-36-27-10-5-6-11-28(27)37-15-7-14-34-26-9-4-3-8-25(26)33-29(34)12-13-32-30(35)31-19-22-16-23(20-31)18-24(17-22)21-31/h3-6,8-11,22-24H,2,7,12-21H2,1H3,(H,32,35). The third-order valence-corrected chi connectivity index (χ3v) is 8.82. The van der Waals surface area contributed by atoms with E-state index in [-0.39, 0.29) is 5.41 Å². The number of imidazole rings is 1. The Bertz CT molecular complexity index is 1210. The molecule has 0 spiro atoms. The van der Waals surface area contributed by atoms with Gasteiger partial charge in [0, 0.05) is 24.9 Å². The fourth-order valence-corrected chi connectivity index (χ4v) is 7.68. The molecule has 1 amide bonds. The Kier molecular flexibility index (Phi) is 6.83. The second-order valence-corrected chi connectivity index (χ2v) is 11.5. The molecule has 4 aliphatic carbocycles. The maximum Gasteiger partial charge on any atom is 0.226 e. The van der Waals surface area contributed by atoms with Gasteiger partial charge in [0.2, 0.25) is 5.91 Å². The van der Waals surface area contributed by atoms with Gasteiger partial charge in [-0.25, -0.2) is 4.98 Å². The molecule has 2 aromatic carbocycles. The van der Waals surface area contributed by atoms with Crippen LogP contribution >= 0.6 is 0 Å².